The molecule has 10 atom stereocenters. The van der Waals surface area contributed by atoms with Gasteiger partial charge in [0.05, 0.1) is 0 Å². The Morgan fingerprint density at radius 2 is 1.68 bits per heavy atom. The van der Waals surface area contributed by atoms with E-state index in [4.69, 9.17) is 5.73 Å². The van der Waals surface area contributed by atoms with Crippen molar-refractivity contribution in [1.82, 2.24) is 0 Å². The maximum Gasteiger partial charge on any atom is -0.00460 e. The zero-order chi connectivity index (χ0) is 12.7. The summed E-state index contributed by atoms with van der Waals surface area (Å²) in [6.45, 7) is 3.60. The van der Waals surface area contributed by atoms with Crippen LogP contribution in [0.2, 0.25) is 0 Å². The molecular weight excluding hydrogens is 230 g/mol. The second-order valence-electron chi connectivity index (χ2n) is 8.74. The molecule has 0 aromatic heterocycles. The molecule has 0 amide bonds. The Morgan fingerprint density at radius 1 is 0.842 bits per heavy atom. The topological polar surface area (TPSA) is 26.0 Å². The van der Waals surface area contributed by atoms with Gasteiger partial charge in [0.2, 0.25) is 0 Å². The fraction of sp³-hybridized carbons (Fsp3) is 1.00. The molecule has 5 rings (SSSR count). The lowest BCUT2D eigenvalue weighted by atomic mass is 9.41. The van der Waals surface area contributed by atoms with E-state index in [1.165, 1.54) is 18.8 Å². The van der Waals surface area contributed by atoms with E-state index in [-0.39, 0.29) is 0 Å². The van der Waals surface area contributed by atoms with Gasteiger partial charge < -0.3 is 5.73 Å². The molecule has 1 nitrogen and oxygen atoms in total. The highest BCUT2D eigenvalue weighted by Crippen LogP contribution is 2.71. The average molecular weight is 259 g/mol. The van der Waals surface area contributed by atoms with Gasteiger partial charge in [-0.25, -0.2) is 0 Å². The first-order valence-electron chi connectivity index (χ1n) is 8.99. The van der Waals surface area contributed by atoms with Crippen molar-refractivity contribution in [3.63, 3.8) is 0 Å². The lowest BCUT2D eigenvalue weighted by Crippen LogP contribution is -2.58. The van der Waals surface area contributed by atoms with Crippen LogP contribution in [0.3, 0.4) is 0 Å². The average Bonchev–Trinajstić information content (AvgIpc) is 2.96. The third-order valence-corrected chi connectivity index (χ3v) is 8.57. The lowest BCUT2D eigenvalue weighted by molar-refractivity contribution is -0.157. The molecule has 5 aliphatic rings. The van der Waals surface area contributed by atoms with Crippen molar-refractivity contribution in [3.8, 4) is 0 Å². The molecule has 0 aromatic carbocycles. The van der Waals surface area contributed by atoms with Crippen molar-refractivity contribution in [2.75, 3.05) is 6.54 Å². The van der Waals surface area contributed by atoms with Gasteiger partial charge in [0, 0.05) is 0 Å². The van der Waals surface area contributed by atoms with Gasteiger partial charge in [0.1, 0.15) is 0 Å². The number of hydrogen-bond acceptors (Lipinski definition) is 1. The second-order valence-corrected chi connectivity index (χ2v) is 8.74. The highest BCUT2D eigenvalue weighted by Gasteiger charge is 2.65. The SMILES string of the molecule is CC1C2CCCC3CC(C32)C2C3CC(CN)C(C3)C12. The fourth-order valence-electron chi connectivity index (χ4n) is 8.15. The molecule has 0 radical (unpaired) electrons. The fourth-order valence-corrected chi connectivity index (χ4v) is 8.15. The predicted molar refractivity (Wildman–Crippen MR) is 77.3 cm³/mol. The van der Waals surface area contributed by atoms with Crippen molar-refractivity contribution in [2.24, 2.45) is 64.9 Å². The Kier molecular flexibility index (Phi) is 2.31. The summed E-state index contributed by atoms with van der Waals surface area (Å²) >= 11 is 0. The monoisotopic (exact) mass is 259 g/mol. The van der Waals surface area contributed by atoms with E-state index >= 15 is 0 Å². The van der Waals surface area contributed by atoms with Crippen molar-refractivity contribution in [3.05, 3.63) is 0 Å². The van der Waals surface area contributed by atoms with Gasteiger partial charge in [0.25, 0.3) is 0 Å². The Hall–Kier alpha value is -0.0400. The van der Waals surface area contributed by atoms with Gasteiger partial charge >= 0.3 is 0 Å². The molecule has 5 fully saturated rings. The van der Waals surface area contributed by atoms with E-state index in [0.29, 0.717) is 0 Å². The minimum absolute atomic E-state index is 0.893. The molecule has 106 valence electrons. The van der Waals surface area contributed by atoms with E-state index in [0.717, 1.165) is 59.8 Å². The van der Waals surface area contributed by atoms with Crippen molar-refractivity contribution < 1.29 is 0 Å². The van der Waals surface area contributed by atoms with Gasteiger partial charge in [-0.2, -0.15) is 0 Å². The van der Waals surface area contributed by atoms with Gasteiger partial charge in [0.15, 0.2) is 0 Å². The number of nitrogens with two attached hydrogens (primary N) is 1. The Bertz CT molecular complexity index is 391. The quantitative estimate of drug-likeness (QED) is 0.766. The first kappa shape index (κ1) is 11.6. The van der Waals surface area contributed by atoms with Crippen LogP contribution in [0.25, 0.3) is 0 Å². The predicted octanol–water partition coefficient (Wildman–Crippen LogP) is 3.54. The summed E-state index contributed by atoms with van der Waals surface area (Å²) in [6.07, 6.45) is 9.34. The van der Waals surface area contributed by atoms with Gasteiger partial charge in [-0.05, 0) is 91.4 Å². The van der Waals surface area contributed by atoms with Crippen molar-refractivity contribution in [2.45, 2.75) is 45.4 Å². The Labute approximate surface area is 117 Å². The number of rotatable bonds is 1. The second kappa shape index (κ2) is 3.78. The highest BCUT2D eigenvalue weighted by molar-refractivity contribution is 5.14. The van der Waals surface area contributed by atoms with Crippen LogP contribution in [0.1, 0.15) is 45.4 Å². The van der Waals surface area contributed by atoms with Crippen LogP contribution < -0.4 is 5.73 Å². The third kappa shape index (κ3) is 1.27. The summed E-state index contributed by atoms with van der Waals surface area (Å²) < 4.78 is 0. The van der Waals surface area contributed by atoms with Crippen LogP contribution in [0, 0.1) is 59.2 Å². The van der Waals surface area contributed by atoms with E-state index in [1.54, 1.807) is 25.7 Å². The van der Waals surface area contributed by atoms with Crippen molar-refractivity contribution >= 4 is 0 Å². The van der Waals surface area contributed by atoms with Crippen LogP contribution in [0.4, 0.5) is 0 Å². The molecule has 2 bridgehead atoms. The van der Waals surface area contributed by atoms with Crippen LogP contribution in [0.15, 0.2) is 0 Å². The number of fused-ring (bicyclic) bond motifs is 6. The smallest absolute Gasteiger partial charge is 0.00460 e. The van der Waals surface area contributed by atoms with E-state index in [1.807, 2.05) is 0 Å². The summed E-state index contributed by atoms with van der Waals surface area (Å²) in [7, 11) is 0. The standard InChI is InChI=1S/C18H29N/c1-9-13-4-2-3-10-6-15(17(10)13)18-11-5-12(8-19)14(7-11)16(9)18/h9-18H,2-8,19H2,1H3. The largest absolute Gasteiger partial charge is 0.330 e. The molecular formula is C18H29N. The first-order valence-corrected chi connectivity index (χ1v) is 8.99. The van der Waals surface area contributed by atoms with Gasteiger partial charge in [-0.3, -0.25) is 0 Å². The normalized spacial score (nSPS) is 65.4. The molecule has 19 heavy (non-hydrogen) atoms. The van der Waals surface area contributed by atoms with Gasteiger partial charge in [-0.15, -0.1) is 0 Å². The third-order valence-electron chi connectivity index (χ3n) is 8.57. The molecule has 5 saturated carbocycles. The Morgan fingerprint density at radius 3 is 2.53 bits per heavy atom. The molecule has 10 unspecified atom stereocenters. The molecule has 0 aromatic rings. The molecule has 1 heteroatoms. The van der Waals surface area contributed by atoms with Crippen LogP contribution in [-0.4, -0.2) is 6.54 Å². The molecule has 5 aliphatic carbocycles. The summed E-state index contributed by atoms with van der Waals surface area (Å²) in [6, 6.07) is 0. The molecule has 2 N–H and O–H groups in total. The van der Waals surface area contributed by atoms with E-state index in [9.17, 15) is 0 Å². The zero-order valence-corrected chi connectivity index (χ0v) is 12.3. The maximum absolute atomic E-state index is 6.06. The van der Waals surface area contributed by atoms with Crippen LogP contribution >= 0.6 is 0 Å². The number of hydrogen-bond donors (Lipinski definition) is 1. The Balaban J connectivity index is 1.50. The minimum Gasteiger partial charge on any atom is -0.330 e. The summed E-state index contributed by atoms with van der Waals surface area (Å²) in [5, 5.41) is 0. The molecule has 0 spiro atoms. The minimum atomic E-state index is 0.893. The lowest BCUT2D eigenvalue weighted by Gasteiger charge is -2.64. The van der Waals surface area contributed by atoms with Crippen molar-refractivity contribution in [1.29, 1.82) is 0 Å². The van der Waals surface area contributed by atoms with E-state index in [2.05, 4.69) is 6.92 Å². The molecule has 0 aliphatic heterocycles. The highest BCUT2D eigenvalue weighted by atomic mass is 14.7. The summed E-state index contributed by atoms with van der Waals surface area (Å²) in [5.41, 5.74) is 6.06. The van der Waals surface area contributed by atoms with Crippen LogP contribution in [-0.2, 0) is 0 Å². The maximum atomic E-state index is 6.06. The molecule has 0 saturated heterocycles. The van der Waals surface area contributed by atoms with Crippen LogP contribution in [0.5, 0.6) is 0 Å². The summed E-state index contributed by atoms with van der Waals surface area (Å²) in [4.78, 5) is 0. The van der Waals surface area contributed by atoms with E-state index < -0.39 is 0 Å². The zero-order valence-electron chi connectivity index (χ0n) is 12.3. The molecule has 0 heterocycles. The summed E-state index contributed by atoms with van der Waals surface area (Å²) in [5.74, 6) is 10.8. The first-order chi connectivity index (χ1) is 9.29. The van der Waals surface area contributed by atoms with Gasteiger partial charge in [-0.1, -0.05) is 19.8 Å².